The van der Waals surface area contributed by atoms with Crippen LogP contribution in [0.3, 0.4) is 0 Å². The Morgan fingerprint density at radius 3 is 2.75 bits per heavy atom. The molecule has 4 rings (SSSR count). The van der Waals surface area contributed by atoms with Crippen molar-refractivity contribution in [2.75, 3.05) is 5.32 Å². The SMILES string of the molecule is CCc1ccc(Nc2ncnc(O[C@H]3CC4CCC3N4C(=O)OC(C)(C)C)c2C)c(Cl)c1. The first-order valence-electron chi connectivity index (χ1n) is 11.2. The average molecular weight is 459 g/mol. The molecule has 0 saturated carbocycles. The van der Waals surface area contributed by atoms with E-state index in [0.717, 1.165) is 36.9 Å². The van der Waals surface area contributed by atoms with Gasteiger partial charge in [0.1, 0.15) is 23.9 Å². The molecule has 2 fully saturated rings. The van der Waals surface area contributed by atoms with Gasteiger partial charge in [0.2, 0.25) is 5.88 Å². The summed E-state index contributed by atoms with van der Waals surface area (Å²) in [5.74, 6) is 1.17. The number of halogens is 1. The van der Waals surface area contributed by atoms with Gasteiger partial charge in [-0.3, -0.25) is 4.90 Å². The Labute approximate surface area is 194 Å². The molecule has 8 heteroatoms. The Hall–Kier alpha value is -2.54. The van der Waals surface area contributed by atoms with E-state index in [1.54, 1.807) is 0 Å². The largest absolute Gasteiger partial charge is 0.472 e. The van der Waals surface area contributed by atoms with Crippen molar-refractivity contribution in [2.45, 2.75) is 84.1 Å². The first-order chi connectivity index (χ1) is 15.2. The van der Waals surface area contributed by atoms with Gasteiger partial charge in [0.05, 0.1) is 22.3 Å². The molecule has 2 aliphatic heterocycles. The Balaban J connectivity index is 1.48. The first-order valence-corrected chi connectivity index (χ1v) is 11.6. The number of hydrogen-bond donors (Lipinski definition) is 1. The van der Waals surface area contributed by atoms with Crippen molar-refractivity contribution in [3.05, 3.63) is 40.7 Å². The number of carbonyl (C=O) groups excluding carboxylic acids is 1. The van der Waals surface area contributed by atoms with Crippen LogP contribution in [0.4, 0.5) is 16.3 Å². The number of benzene rings is 1. The fraction of sp³-hybridized carbons (Fsp3) is 0.542. The van der Waals surface area contributed by atoms with Gasteiger partial charge in [0, 0.05) is 12.5 Å². The molecule has 3 atom stereocenters. The fourth-order valence-corrected chi connectivity index (χ4v) is 4.74. The standard InChI is InChI=1S/C24H31ClN4O3/c1-6-15-7-9-18(17(25)11-15)28-21-14(2)22(27-13-26-21)31-20-12-16-8-10-19(20)29(16)23(30)32-24(3,4)5/h7,9,11,13,16,19-20H,6,8,10,12H2,1-5H3,(H,26,27,28)/t16?,19?,20-/m0/s1. The third kappa shape index (κ3) is 4.63. The second-order valence-electron chi connectivity index (χ2n) is 9.52. The van der Waals surface area contributed by atoms with Crippen molar-refractivity contribution in [1.29, 1.82) is 0 Å². The molecule has 2 aromatic rings. The molecule has 1 N–H and O–H groups in total. The van der Waals surface area contributed by atoms with E-state index in [-0.39, 0.29) is 24.3 Å². The second kappa shape index (κ2) is 8.77. The molecule has 2 saturated heterocycles. The van der Waals surface area contributed by atoms with Crippen molar-refractivity contribution in [1.82, 2.24) is 14.9 Å². The molecule has 1 amide bonds. The van der Waals surface area contributed by atoms with Crippen LogP contribution in [0.15, 0.2) is 24.5 Å². The van der Waals surface area contributed by atoms with Crippen LogP contribution >= 0.6 is 11.6 Å². The molecule has 2 aliphatic rings. The highest BCUT2D eigenvalue weighted by molar-refractivity contribution is 6.33. The topological polar surface area (TPSA) is 76.6 Å². The van der Waals surface area contributed by atoms with Gasteiger partial charge in [-0.1, -0.05) is 24.6 Å². The van der Waals surface area contributed by atoms with Crippen molar-refractivity contribution in [3.8, 4) is 5.88 Å². The minimum atomic E-state index is -0.518. The number of ether oxygens (including phenoxy) is 2. The molecule has 32 heavy (non-hydrogen) atoms. The summed E-state index contributed by atoms with van der Waals surface area (Å²) in [6, 6.07) is 6.10. The highest BCUT2D eigenvalue weighted by Crippen LogP contribution is 2.41. The average Bonchev–Trinajstić information content (AvgIpc) is 3.29. The van der Waals surface area contributed by atoms with Crippen LogP contribution in [0.1, 0.15) is 58.1 Å². The number of aromatic nitrogens is 2. The first kappa shape index (κ1) is 22.6. The quantitative estimate of drug-likeness (QED) is 0.622. The third-order valence-electron chi connectivity index (χ3n) is 6.08. The summed E-state index contributed by atoms with van der Waals surface area (Å²) in [7, 11) is 0. The van der Waals surface area contributed by atoms with Crippen LogP contribution in [0.2, 0.25) is 5.02 Å². The van der Waals surface area contributed by atoms with Crippen molar-refractivity contribution < 1.29 is 14.3 Å². The van der Waals surface area contributed by atoms with E-state index >= 15 is 0 Å². The maximum absolute atomic E-state index is 12.7. The van der Waals surface area contributed by atoms with Gasteiger partial charge >= 0.3 is 6.09 Å². The highest BCUT2D eigenvalue weighted by atomic mass is 35.5. The molecule has 1 aromatic heterocycles. The number of nitrogens with one attached hydrogen (secondary N) is 1. The number of amides is 1. The number of hydrogen-bond acceptors (Lipinski definition) is 6. The fourth-order valence-electron chi connectivity index (χ4n) is 4.49. The summed E-state index contributed by atoms with van der Waals surface area (Å²) in [6.45, 7) is 9.68. The summed E-state index contributed by atoms with van der Waals surface area (Å²) < 4.78 is 11.9. The predicted octanol–water partition coefficient (Wildman–Crippen LogP) is 5.66. The lowest BCUT2D eigenvalue weighted by atomic mass is 9.98. The van der Waals surface area contributed by atoms with E-state index in [4.69, 9.17) is 21.1 Å². The number of rotatable bonds is 5. The van der Waals surface area contributed by atoms with Crippen molar-refractivity contribution in [2.24, 2.45) is 0 Å². The maximum Gasteiger partial charge on any atom is 0.410 e. The minimum Gasteiger partial charge on any atom is -0.472 e. The Morgan fingerprint density at radius 2 is 2.06 bits per heavy atom. The van der Waals surface area contributed by atoms with E-state index in [1.807, 2.05) is 50.8 Å². The Bertz CT molecular complexity index is 1010. The lowest BCUT2D eigenvalue weighted by Crippen LogP contribution is -2.42. The molecule has 3 heterocycles. The molecule has 0 spiro atoms. The number of fused-ring (bicyclic) bond motifs is 2. The molecule has 1 aromatic carbocycles. The Morgan fingerprint density at radius 1 is 1.28 bits per heavy atom. The molecule has 2 unspecified atom stereocenters. The van der Waals surface area contributed by atoms with E-state index < -0.39 is 5.60 Å². The van der Waals surface area contributed by atoms with Gasteiger partial charge in [-0.05, 0) is 64.7 Å². The summed E-state index contributed by atoms with van der Waals surface area (Å²) >= 11 is 6.44. The summed E-state index contributed by atoms with van der Waals surface area (Å²) in [6.07, 6.45) is 4.69. The van der Waals surface area contributed by atoms with Crippen molar-refractivity contribution in [3.63, 3.8) is 0 Å². The van der Waals surface area contributed by atoms with Crippen LogP contribution in [-0.2, 0) is 11.2 Å². The number of carbonyl (C=O) groups is 1. The van der Waals surface area contributed by atoms with E-state index in [0.29, 0.717) is 16.7 Å². The third-order valence-corrected chi connectivity index (χ3v) is 6.39. The monoisotopic (exact) mass is 458 g/mol. The maximum atomic E-state index is 12.7. The lowest BCUT2D eigenvalue weighted by Gasteiger charge is -2.28. The molecule has 0 radical (unpaired) electrons. The van der Waals surface area contributed by atoms with Gasteiger partial charge in [0.15, 0.2) is 0 Å². The summed E-state index contributed by atoms with van der Waals surface area (Å²) in [5.41, 5.74) is 2.24. The van der Waals surface area contributed by atoms with Gasteiger partial charge in [-0.25, -0.2) is 14.8 Å². The number of nitrogens with zero attached hydrogens (tertiary/aromatic N) is 3. The summed E-state index contributed by atoms with van der Waals surface area (Å²) in [4.78, 5) is 23.3. The summed E-state index contributed by atoms with van der Waals surface area (Å²) in [5, 5.41) is 3.94. The van der Waals surface area contributed by atoms with Gasteiger partial charge < -0.3 is 14.8 Å². The van der Waals surface area contributed by atoms with Crippen LogP contribution in [0.25, 0.3) is 0 Å². The second-order valence-corrected chi connectivity index (χ2v) is 9.93. The van der Waals surface area contributed by atoms with Gasteiger partial charge in [0.25, 0.3) is 0 Å². The van der Waals surface area contributed by atoms with Crippen molar-refractivity contribution >= 4 is 29.2 Å². The van der Waals surface area contributed by atoms with Crippen LogP contribution in [0.5, 0.6) is 5.88 Å². The zero-order chi connectivity index (χ0) is 23.0. The van der Waals surface area contributed by atoms with Gasteiger partial charge in [-0.15, -0.1) is 0 Å². The molecule has 0 aliphatic carbocycles. The zero-order valence-electron chi connectivity index (χ0n) is 19.3. The molecule has 7 nitrogen and oxygen atoms in total. The van der Waals surface area contributed by atoms with Gasteiger partial charge in [-0.2, -0.15) is 0 Å². The highest BCUT2D eigenvalue weighted by Gasteiger charge is 2.51. The molecule has 172 valence electrons. The normalized spacial score (nSPS) is 22.2. The Kier molecular flexibility index (Phi) is 6.21. The molecule has 2 bridgehead atoms. The number of aryl methyl sites for hydroxylation is 1. The van der Waals surface area contributed by atoms with E-state index in [9.17, 15) is 4.79 Å². The minimum absolute atomic E-state index is 0.00310. The van der Waals surface area contributed by atoms with Crippen LogP contribution in [0, 0.1) is 6.92 Å². The molecular formula is C24H31ClN4O3. The number of anilines is 2. The molecular weight excluding hydrogens is 428 g/mol. The van der Waals surface area contributed by atoms with Crippen LogP contribution in [-0.4, -0.2) is 44.7 Å². The van der Waals surface area contributed by atoms with E-state index in [2.05, 4.69) is 22.2 Å². The smallest absolute Gasteiger partial charge is 0.410 e. The van der Waals surface area contributed by atoms with E-state index in [1.165, 1.54) is 11.9 Å². The van der Waals surface area contributed by atoms with Crippen LogP contribution < -0.4 is 10.1 Å². The lowest BCUT2D eigenvalue weighted by molar-refractivity contribution is 0.0180. The zero-order valence-corrected chi connectivity index (χ0v) is 20.1. The predicted molar refractivity (Wildman–Crippen MR) is 125 cm³/mol.